The Bertz CT molecular complexity index is 1580. The van der Waals surface area contributed by atoms with Crippen LogP contribution in [0, 0.1) is 0 Å². The Labute approximate surface area is 393 Å². The minimum atomic E-state index is -4.66. The van der Waals surface area contributed by atoms with Crippen molar-refractivity contribution in [2.24, 2.45) is 5.73 Å². The van der Waals surface area contributed by atoms with Crippen LogP contribution in [0.15, 0.2) is 146 Å². The Morgan fingerprint density at radius 2 is 0.846 bits per heavy atom. The molecule has 0 saturated carbocycles. The molecule has 0 saturated heterocycles. The van der Waals surface area contributed by atoms with Gasteiger partial charge in [-0.2, -0.15) is 0 Å². The fraction of sp³-hybridized carbons (Fsp3) is 0.519. The van der Waals surface area contributed by atoms with Crippen molar-refractivity contribution in [3.8, 4) is 0 Å². The number of carboxylic acid groups (broad SMARTS) is 1. The molecule has 0 aliphatic rings. The van der Waals surface area contributed by atoms with Gasteiger partial charge in [0.25, 0.3) is 0 Å². The average molecular weight is 922 g/mol. The number of hydrogen-bond acceptors (Lipinski definition) is 8. The van der Waals surface area contributed by atoms with Crippen LogP contribution < -0.4 is 5.73 Å². The van der Waals surface area contributed by atoms with Gasteiger partial charge < -0.3 is 25.2 Å². The number of phosphoric acid groups is 1. The van der Waals surface area contributed by atoms with Gasteiger partial charge in [-0.25, -0.2) is 4.57 Å². The second-order valence-corrected chi connectivity index (χ2v) is 16.6. The molecule has 0 aliphatic carbocycles. The van der Waals surface area contributed by atoms with E-state index in [-0.39, 0.29) is 13.0 Å². The number of carbonyl (C=O) groups excluding carboxylic acids is 1. The number of carboxylic acids is 1. The van der Waals surface area contributed by atoms with Crippen LogP contribution in [0.2, 0.25) is 0 Å². The Morgan fingerprint density at radius 1 is 0.492 bits per heavy atom. The van der Waals surface area contributed by atoms with Crippen molar-refractivity contribution in [2.45, 2.75) is 154 Å². The lowest BCUT2D eigenvalue weighted by atomic mass is 10.1. The van der Waals surface area contributed by atoms with E-state index in [4.69, 9.17) is 29.4 Å². The van der Waals surface area contributed by atoms with E-state index < -0.39 is 45.1 Å². The summed E-state index contributed by atoms with van der Waals surface area (Å²) in [6.07, 6.45) is 69.1. The van der Waals surface area contributed by atoms with Crippen molar-refractivity contribution in [3.63, 3.8) is 0 Å². The van der Waals surface area contributed by atoms with Crippen molar-refractivity contribution in [1.29, 1.82) is 0 Å². The molecule has 0 bridgehead atoms. The molecule has 3 atom stereocenters. The number of esters is 1. The van der Waals surface area contributed by atoms with E-state index >= 15 is 0 Å². The summed E-state index contributed by atoms with van der Waals surface area (Å²) in [5, 5.41) is 8.92. The van der Waals surface area contributed by atoms with Gasteiger partial charge in [-0.1, -0.05) is 173 Å². The molecule has 10 nitrogen and oxygen atoms in total. The first-order chi connectivity index (χ1) is 31.7. The number of rotatable bonds is 43. The fourth-order valence-corrected chi connectivity index (χ4v) is 6.28. The van der Waals surface area contributed by atoms with Crippen LogP contribution in [0.1, 0.15) is 142 Å². The predicted molar refractivity (Wildman–Crippen MR) is 271 cm³/mol. The number of carbonyl (C=O) groups is 2. The van der Waals surface area contributed by atoms with Gasteiger partial charge in [-0.3, -0.25) is 18.6 Å². The zero-order valence-electron chi connectivity index (χ0n) is 39.8. The van der Waals surface area contributed by atoms with Crippen molar-refractivity contribution < 1.29 is 42.7 Å². The number of phosphoric ester groups is 1. The van der Waals surface area contributed by atoms with Crippen LogP contribution in [0.4, 0.5) is 0 Å². The van der Waals surface area contributed by atoms with Gasteiger partial charge in [-0.15, -0.1) is 0 Å². The molecule has 364 valence electrons. The molecule has 0 amide bonds. The highest BCUT2D eigenvalue weighted by Gasteiger charge is 2.27. The lowest BCUT2D eigenvalue weighted by Gasteiger charge is -2.20. The maximum atomic E-state index is 12.7. The maximum Gasteiger partial charge on any atom is 0.472 e. The van der Waals surface area contributed by atoms with E-state index in [0.29, 0.717) is 13.0 Å². The summed E-state index contributed by atoms with van der Waals surface area (Å²) in [7, 11) is -4.66. The summed E-state index contributed by atoms with van der Waals surface area (Å²) < 4.78 is 33.3. The molecular formula is C54H84NO9P. The van der Waals surface area contributed by atoms with Gasteiger partial charge in [0.05, 0.1) is 19.8 Å². The molecule has 0 aromatic carbocycles. The summed E-state index contributed by atoms with van der Waals surface area (Å²) >= 11 is 0. The normalized spacial score (nSPS) is 15.0. The van der Waals surface area contributed by atoms with Crippen LogP contribution in [0.5, 0.6) is 0 Å². The van der Waals surface area contributed by atoms with Gasteiger partial charge in [0.15, 0.2) is 0 Å². The van der Waals surface area contributed by atoms with Gasteiger partial charge >= 0.3 is 19.8 Å². The van der Waals surface area contributed by atoms with Crippen molar-refractivity contribution in [3.05, 3.63) is 146 Å². The van der Waals surface area contributed by atoms with Crippen LogP contribution in [-0.4, -0.2) is 60.5 Å². The SMILES string of the molecule is CC/C=C\C/C=C\C/C=C\C/C=C\C/C=C\C/C=C\CCCCCCC(=O)OC(COCCC/C=C\C/C=C\C/C=C\C/C=C\C/C=C\C/C=C\CC)COP(=O)(O)OCC(N)C(=O)O. The number of allylic oxidation sites excluding steroid dienone is 24. The lowest BCUT2D eigenvalue weighted by Crippen LogP contribution is -2.34. The Balaban J connectivity index is 4.40. The summed E-state index contributed by atoms with van der Waals surface area (Å²) in [6.45, 7) is 3.43. The molecule has 0 aliphatic heterocycles. The molecule has 0 heterocycles. The van der Waals surface area contributed by atoms with Crippen molar-refractivity contribution in [2.75, 3.05) is 26.4 Å². The summed E-state index contributed by atoms with van der Waals surface area (Å²) in [6, 6.07) is -1.50. The second kappa shape index (κ2) is 47.8. The van der Waals surface area contributed by atoms with E-state index in [1.54, 1.807) is 0 Å². The van der Waals surface area contributed by atoms with Gasteiger partial charge in [0.1, 0.15) is 12.1 Å². The number of ether oxygens (including phenoxy) is 2. The number of hydrogen-bond donors (Lipinski definition) is 3. The number of nitrogens with two attached hydrogens (primary N) is 1. The Hall–Kier alpha value is -4.15. The standard InChI is InChI=1S/C54H84NO9P/c1-3-5-7-9-11-13-15-17-19-21-23-25-26-27-28-30-32-34-36-38-40-42-44-46-53(56)64-51(49-62-65(59,60)63-50-52(55)54(57)58)48-61-47-45-43-41-39-37-35-33-31-29-24-22-20-18-16-14-12-10-8-6-4-2/h5-8,11-14,17-20,23-25,27-29,32-35,39,41,51-52H,3-4,9-10,15-16,21-22,26,30-31,36-38,40,42-50,55H2,1-2H3,(H,57,58)(H,59,60)/b7-5-,8-6-,13-11-,14-12-,19-17-,20-18-,25-23-,28-27-,29-24-,34-32-,35-33-,41-39-. The first-order valence-corrected chi connectivity index (χ1v) is 25.4. The Kier molecular flexibility index (Phi) is 44.7. The summed E-state index contributed by atoms with van der Waals surface area (Å²) in [5.41, 5.74) is 5.36. The lowest BCUT2D eigenvalue weighted by molar-refractivity contribution is -0.154. The molecule has 65 heavy (non-hydrogen) atoms. The third-order valence-electron chi connectivity index (χ3n) is 9.11. The molecule has 0 radical (unpaired) electrons. The van der Waals surface area contributed by atoms with E-state index in [0.717, 1.165) is 116 Å². The highest BCUT2D eigenvalue weighted by molar-refractivity contribution is 7.47. The fourth-order valence-electron chi connectivity index (χ4n) is 5.50. The number of aliphatic carboxylic acids is 1. The number of unbranched alkanes of at least 4 members (excludes halogenated alkanes) is 5. The summed E-state index contributed by atoms with van der Waals surface area (Å²) in [5.74, 6) is -1.85. The summed E-state index contributed by atoms with van der Waals surface area (Å²) in [4.78, 5) is 33.6. The first kappa shape index (κ1) is 60.9. The molecule has 0 aromatic heterocycles. The molecule has 11 heteroatoms. The average Bonchev–Trinajstić information content (AvgIpc) is 3.29. The molecule has 0 aromatic rings. The van der Waals surface area contributed by atoms with E-state index in [1.807, 2.05) is 0 Å². The minimum Gasteiger partial charge on any atom is -0.480 e. The quantitative estimate of drug-likeness (QED) is 0.0233. The van der Waals surface area contributed by atoms with Crippen LogP contribution >= 0.6 is 7.82 Å². The van der Waals surface area contributed by atoms with Crippen molar-refractivity contribution >= 4 is 19.8 Å². The molecule has 3 unspecified atom stereocenters. The predicted octanol–water partition coefficient (Wildman–Crippen LogP) is 14.0. The second-order valence-electron chi connectivity index (χ2n) is 15.1. The van der Waals surface area contributed by atoms with Crippen LogP contribution in [-0.2, 0) is 32.7 Å². The van der Waals surface area contributed by atoms with Crippen LogP contribution in [0.25, 0.3) is 0 Å². The monoisotopic (exact) mass is 922 g/mol. The molecule has 0 rings (SSSR count). The smallest absolute Gasteiger partial charge is 0.472 e. The van der Waals surface area contributed by atoms with Gasteiger partial charge in [0, 0.05) is 13.0 Å². The minimum absolute atomic E-state index is 0.0455. The zero-order valence-corrected chi connectivity index (χ0v) is 40.7. The molecular weight excluding hydrogens is 838 g/mol. The van der Waals surface area contributed by atoms with Crippen LogP contribution in [0.3, 0.4) is 0 Å². The highest BCUT2D eigenvalue weighted by atomic mass is 31.2. The first-order valence-electron chi connectivity index (χ1n) is 23.9. The van der Waals surface area contributed by atoms with E-state index in [1.165, 1.54) is 0 Å². The third-order valence-corrected chi connectivity index (χ3v) is 10.1. The van der Waals surface area contributed by atoms with E-state index in [9.17, 15) is 19.0 Å². The highest BCUT2D eigenvalue weighted by Crippen LogP contribution is 2.43. The molecule has 0 fully saturated rings. The largest absolute Gasteiger partial charge is 0.480 e. The maximum absolute atomic E-state index is 12.7. The Morgan fingerprint density at radius 3 is 1.25 bits per heavy atom. The molecule has 4 N–H and O–H groups in total. The van der Waals surface area contributed by atoms with Gasteiger partial charge in [-0.05, 0) is 109 Å². The van der Waals surface area contributed by atoms with E-state index in [2.05, 4.69) is 160 Å². The topological polar surface area (TPSA) is 155 Å². The third kappa shape index (κ3) is 47.6. The molecule has 0 spiro atoms. The van der Waals surface area contributed by atoms with Gasteiger partial charge in [0.2, 0.25) is 0 Å². The van der Waals surface area contributed by atoms with Crippen molar-refractivity contribution in [1.82, 2.24) is 0 Å². The zero-order chi connectivity index (χ0) is 47.6.